The highest BCUT2D eigenvalue weighted by Crippen LogP contribution is 2.40. The Labute approximate surface area is 174 Å². The average Bonchev–Trinajstić information content (AvgIpc) is 3.37. The molecule has 0 unspecified atom stereocenters. The summed E-state index contributed by atoms with van der Waals surface area (Å²) >= 11 is 1.55. The molecule has 0 atom stereocenters. The van der Waals surface area contributed by atoms with Crippen LogP contribution in [0.5, 0.6) is 5.88 Å². The van der Waals surface area contributed by atoms with Crippen LogP contribution in [-0.2, 0) is 0 Å². The van der Waals surface area contributed by atoms with E-state index in [1.165, 1.54) is 19.2 Å². The van der Waals surface area contributed by atoms with E-state index in [0.29, 0.717) is 24.3 Å². The van der Waals surface area contributed by atoms with Crippen LogP contribution in [0.4, 0.5) is 5.13 Å². The van der Waals surface area contributed by atoms with Gasteiger partial charge in [0, 0.05) is 42.3 Å². The molecule has 1 aliphatic heterocycles. The molecule has 2 aliphatic rings. The summed E-state index contributed by atoms with van der Waals surface area (Å²) in [5.41, 5.74) is 2.01. The Bertz CT molecular complexity index is 988. The normalized spacial score (nSPS) is 17.7. The molecule has 4 heterocycles. The van der Waals surface area contributed by atoms with Gasteiger partial charge in [-0.05, 0) is 51.5 Å². The van der Waals surface area contributed by atoms with Crippen molar-refractivity contribution in [2.45, 2.75) is 45.4 Å². The van der Waals surface area contributed by atoms with Crippen LogP contribution in [-0.4, -0.2) is 48.8 Å². The van der Waals surface area contributed by atoms with E-state index in [0.717, 1.165) is 54.1 Å². The fraction of sp³-hybridized carbons (Fsp3) is 0.550. The zero-order valence-corrected chi connectivity index (χ0v) is 17.6. The SMILES string of the molecule is Cc1cc(C)n(-c2cc(OCC3CCN(c4nc(C5CC5)ns4)CC3)ncn2)n1. The Kier molecular flexibility index (Phi) is 4.91. The quantitative estimate of drug-likeness (QED) is 0.615. The highest BCUT2D eigenvalue weighted by Gasteiger charge is 2.29. The van der Waals surface area contributed by atoms with E-state index in [4.69, 9.17) is 9.72 Å². The highest BCUT2D eigenvalue weighted by molar-refractivity contribution is 7.09. The summed E-state index contributed by atoms with van der Waals surface area (Å²) in [7, 11) is 0. The lowest BCUT2D eigenvalue weighted by Crippen LogP contribution is -2.35. The highest BCUT2D eigenvalue weighted by atomic mass is 32.1. The number of rotatable bonds is 6. The smallest absolute Gasteiger partial charge is 0.218 e. The van der Waals surface area contributed by atoms with E-state index in [1.807, 2.05) is 30.7 Å². The summed E-state index contributed by atoms with van der Waals surface area (Å²) in [4.78, 5) is 15.7. The maximum absolute atomic E-state index is 6.00. The van der Waals surface area contributed by atoms with Crippen LogP contribution in [0.3, 0.4) is 0 Å². The number of nitrogens with zero attached hydrogens (tertiary/aromatic N) is 7. The number of anilines is 1. The van der Waals surface area contributed by atoms with Crippen molar-refractivity contribution in [3.63, 3.8) is 0 Å². The number of piperidine rings is 1. The zero-order chi connectivity index (χ0) is 19.8. The van der Waals surface area contributed by atoms with Gasteiger partial charge in [0.15, 0.2) is 5.82 Å². The molecular weight excluding hydrogens is 386 g/mol. The first-order chi connectivity index (χ1) is 14.2. The lowest BCUT2D eigenvalue weighted by atomic mass is 9.98. The van der Waals surface area contributed by atoms with Gasteiger partial charge in [0.2, 0.25) is 11.0 Å². The Morgan fingerprint density at radius 1 is 1.10 bits per heavy atom. The van der Waals surface area contributed by atoms with E-state index in [-0.39, 0.29) is 0 Å². The molecule has 3 aromatic rings. The van der Waals surface area contributed by atoms with Crippen molar-refractivity contribution in [2.75, 3.05) is 24.6 Å². The maximum Gasteiger partial charge on any atom is 0.218 e. The first-order valence-corrected chi connectivity index (χ1v) is 11.0. The van der Waals surface area contributed by atoms with Gasteiger partial charge in [-0.2, -0.15) is 9.47 Å². The molecule has 0 radical (unpaired) electrons. The number of hydrogen-bond donors (Lipinski definition) is 0. The molecular formula is C20H25N7OS. The largest absolute Gasteiger partial charge is 0.477 e. The number of aryl methyl sites for hydroxylation is 2. The van der Waals surface area contributed by atoms with Crippen molar-refractivity contribution in [1.82, 2.24) is 29.1 Å². The Hall–Kier alpha value is -2.55. The van der Waals surface area contributed by atoms with Crippen LogP contribution in [0.15, 0.2) is 18.5 Å². The summed E-state index contributed by atoms with van der Waals surface area (Å²) < 4.78 is 12.4. The lowest BCUT2D eigenvalue weighted by molar-refractivity contribution is 0.215. The van der Waals surface area contributed by atoms with Gasteiger partial charge in [0.05, 0.1) is 12.3 Å². The van der Waals surface area contributed by atoms with Gasteiger partial charge < -0.3 is 9.64 Å². The van der Waals surface area contributed by atoms with Gasteiger partial charge in [-0.25, -0.2) is 19.6 Å². The van der Waals surface area contributed by atoms with Gasteiger partial charge in [0.25, 0.3) is 0 Å². The van der Waals surface area contributed by atoms with Crippen LogP contribution in [0.2, 0.25) is 0 Å². The molecule has 9 heteroatoms. The average molecular weight is 412 g/mol. The summed E-state index contributed by atoms with van der Waals surface area (Å²) in [6, 6.07) is 3.89. The van der Waals surface area contributed by atoms with Crippen molar-refractivity contribution in [3.05, 3.63) is 35.7 Å². The third kappa shape index (κ3) is 4.10. The second-order valence-corrected chi connectivity index (χ2v) is 8.73. The standard InChI is InChI=1S/C20H25N7OS/c1-13-9-14(2)27(24-13)17-10-18(22-12-21-17)28-11-15-5-7-26(8-6-15)20-23-19(25-29-20)16-3-4-16/h9-10,12,15-16H,3-8,11H2,1-2H3. The summed E-state index contributed by atoms with van der Waals surface area (Å²) in [5, 5.41) is 5.56. The van der Waals surface area contributed by atoms with E-state index in [1.54, 1.807) is 11.5 Å². The van der Waals surface area contributed by atoms with Crippen LogP contribution < -0.4 is 9.64 Å². The summed E-state index contributed by atoms with van der Waals surface area (Å²) in [5.74, 6) is 3.53. The van der Waals surface area contributed by atoms with Gasteiger partial charge in [-0.15, -0.1) is 0 Å². The van der Waals surface area contributed by atoms with Crippen LogP contribution in [0.25, 0.3) is 5.82 Å². The lowest BCUT2D eigenvalue weighted by Gasteiger charge is -2.31. The first-order valence-electron chi connectivity index (χ1n) is 10.2. The molecule has 0 amide bonds. The molecule has 0 bridgehead atoms. The molecule has 5 rings (SSSR count). The minimum Gasteiger partial charge on any atom is -0.477 e. The van der Waals surface area contributed by atoms with Crippen LogP contribution >= 0.6 is 11.5 Å². The molecule has 0 aromatic carbocycles. The van der Waals surface area contributed by atoms with Crippen LogP contribution in [0, 0.1) is 19.8 Å². The fourth-order valence-electron chi connectivity index (χ4n) is 3.74. The second kappa shape index (κ2) is 7.70. The molecule has 152 valence electrons. The zero-order valence-electron chi connectivity index (χ0n) is 16.8. The summed E-state index contributed by atoms with van der Waals surface area (Å²) in [6.07, 6.45) is 6.22. The van der Waals surface area contributed by atoms with Gasteiger partial charge in [0.1, 0.15) is 12.2 Å². The minimum atomic E-state index is 0.522. The van der Waals surface area contributed by atoms with Crippen molar-refractivity contribution in [3.8, 4) is 11.7 Å². The number of ether oxygens (including phenoxy) is 1. The van der Waals surface area contributed by atoms with Crippen LogP contribution in [0.1, 0.15) is 48.8 Å². The molecule has 0 N–H and O–H groups in total. The Morgan fingerprint density at radius 3 is 2.66 bits per heavy atom. The second-order valence-electron chi connectivity index (χ2n) is 8.00. The van der Waals surface area contributed by atoms with Crippen molar-refractivity contribution in [1.29, 1.82) is 0 Å². The molecule has 0 spiro atoms. The van der Waals surface area contributed by atoms with E-state index < -0.39 is 0 Å². The Morgan fingerprint density at radius 2 is 1.93 bits per heavy atom. The predicted octanol–water partition coefficient (Wildman–Crippen LogP) is 3.30. The molecule has 29 heavy (non-hydrogen) atoms. The fourth-order valence-corrected chi connectivity index (χ4v) is 4.54. The van der Waals surface area contributed by atoms with Gasteiger partial charge in [-0.3, -0.25) is 0 Å². The molecule has 1 aliphatic carbocycles. The maximum atomic E-state index is 6.00. The molecule has 3 aromatic heterocycles. The van der Waals surface area contributed by atoms with Gasteiger partial charge >= 0.3 is 0 Å². The molecule has 8 nitrogen and oxygen atoms in total. The van der Waals surface area contributed by atoms with E-state index in [9.17, 15) is 0 Å². The molecule has 1 saturated carbocycles. The van der Waals surface area contributed by atoms with Crippen molar-refractivity contribution < 1.29 is 4.74 Å². The summed E-state index contributed by atoms with van der Waals surface area (Å²) in [6.45, 7) is 6.68. The molecule has 2 fully saturated rings. The van der Waals surface area contributed by atoms with Gasteiger partial charge in [-0.1, -0.05) is 0 Å². The number of aromatic nitrogens is 6. The molecule has 1 saturated heterocycles. The predicted molar refractivity (Wildman–Crippen MR) is 111 cm³/mol. The van der Waals surface area contributed by atoms with E-state index >= 15 is 0 Å². The minimum absolute atomic E-state index is 0.522. The third-order valence-corrected chi connectivity index (χ3v) is 6.37. The van der Waals surface area contributed by atoms with Crippen molar-refractivity contribution >= 4 is 16.7 Å². The van der Waals surface area contributed by atoms with E-state index in [2.05, 4.69) is 24.3 Å². The monoisotopic (exact) mass is 411 g/mol. The van der Waals surface area contributed by atoms with Crippen molar-refractivity contribution in [2.24, 2.45) is 5.92 Å². The topological polar surface area (TPSA) is 81.9 Å². The Balaban J connectivity index is 1.15. The third-order valence-electron chi connectivity index (χ3n) is 5.58. The number of hydrogen-bond acceptors (Lipinski definition) is 8. The first kappa shape index (κ1) is 18.5.